The Morgan fingerprint density at radius 3 is 2.82 bits per heavy atom. The van der Waals surface area contributed by atoms with E-state index in [-0.39, 0.29) is 5.54 Å². The molecular weight excluding hydrogens is 156 g/mol. The van der Waals surface area contributed by atoms with Gasteiger partial charge in [-0.2, -0.15) is 0 Å². The Hall–Kier alpha value is -0.410. The van der Waals surface area contributed by atoms with Crippen molar-refractivity contribution in [2.45, 2.75) is 26.3 Å². The molecule has 0 saturated heterocycles. The summed E-state index contributed by atoms with van der Waals surface area (Å²) in [6, 6.07) is 0. The van der Waals surface area contributed by atoms with Gasteiger partial charge in [0.15, 0.2) is 0 Å². The van der Waals surface area contributed by atoms with E-state index in [1.165, 1.54) is 0 Å². The molecule has 1 rings (SSSR count). The summed E-state index contributed by atoms with van der Waals surface area (Å²) in [4.78, 5) is 4.26. The molecule has 1 aromatic rings. The summed E-state index contributed by atoms with van der Waals surface area (Å²) in [5.41, 5.74) is 0.0307. The lowest BCUT2D eigenvalue weighted by molar-refractivity contribution is 0.414. The van der Waals surface area contributed by atoms with E-state index in [1.54, 1.807) is 11.3 Å². The molecule has 0 bridgehead atoms. The van der Waals surface area contributed by atoms with Crippen LogP contribution in [0.2, 0.25) is 0 Å². The van der Waals surface area contributed by atoms with Crippen LogP contribution in [-0.2, 0) is 5.54 Å². The number of nitrogens with zero attached hydrogens (tertiary/aromatic N) is 1. The van der Waals surface area contributed by atoms with Gasteiger partial charge in [0.1, 0.15) is 5.01 Å². The first kappa shape index (κ1) is 8.68. The zero-order valence-corrected chi connectivity index (χ0v) is 8.03. The van der Waals surface area contributed by atoms with Gasteiger partial charge in [0.05, 0.1) is 5.54 Å². The molecule has 0 radical (unpaired) electrons. The summed E-state index contributed by atoms with van der Waals surface area (Å²) in [5, 5.41) is 6.53. The van der Waals surface area contributed by atoms with Crippen LogP contribution in [0.15, 0.2) is 11.6 Å². The fourth-order valence-electron chi connectivity index (χ4n) is 1.05. The number of thiazole rings is 1. The minimum atomic E-state index is 0.0307. The molecule has 0 atom stereocenters. The van der Waals surface area contributed by atoms with Crippen molar-refractivity contribution in [3.05, 3.63) is 16.6 Å². The van der Waals surface area contributed by atoms with Crippen molar-refractivity contribution < 1.29 is 0 Å². The third kappa shape index (κ3) is 2.01. The molecule has 62 valence electrons. The molecule has 1 aromatic heterocycles. The van der Waals surface area contributed by atoms with Crippen LogP contribution in [0.3, 0.4) is 0 Å². The molecule has 1 N–H and O–H groups in total. The van der Waals surface area contributed by atoms with Gasteiger partial charge in [-0.25, -0.2) is 4.98 Å². The molecule has 2 nitrogen and oxygen atoms in total. The van der Waals surface area contributed by atoms with Gasteiger partial charge in [0.25, 0.3) is 0 Å². The minimum Gasteiger partial charge on any atom is -0.306 e. The third-order valence-electron chi connectivity index (χ3n) is 1.59. The first-order chi connectivity index (χ1) is 5.17. The molecule has 1 heterocycles. The number of hydrogen-bond donors (Lipinski definition) is 1. The lowest BCUT2D eigenvalue weighted by atomic mass is 10.1. The van der Waals surface area contributed by atoms with E-state index in [4.69, 9.17) is 0 Å². The molecule has 0 amide bonds. The van der Waals surface area contributed by atoms with Gasteiger partial charge in [-0.15, -0.1) is 11.3 Å². The quantitative estimate of drug-likeness (QED) is 0.750. The summed E-state index contributed by atoms with van der Waals surface area (Å²) in [6.07, 6.45) is 1.85. The highest BCUT2D eigenvalue weighted by Gasteiger charge is 2.20. The van der Waals surface area contributed by atoms with E-state index in [0.29, 0.717) is 0 Å². The molecule has 3 heteroatoms. The third-order valence-corrected chi connectivity index (χ3v) is 2.68. The second-order valence-corrected chi connectivity index (χ2v) is 3.89. The van der Waals surface area contributed by atoms with Crippen molar-refractivity contribution in [1.29, 1.82) is 0 Å². The number of aromatic nitrogens is 1. The van der Waals surface area contributed by atoms with Crippen LogP contribution < -0.4 is 5.32 Å². The highest BCUT2D eigenvalue weighted by atomic mass is 32.1. The molecule has 0 aliphatic carbocycles. The SMILES string of the molecule is CCNC(C)(C)c1nccs1. The molecule has 0 unspecified atom stereocenters. The van der Waals surface area contributed by atoms with Crippen LogP contribution in [-0.4, -0.2) is 11.5 Å². The molecule has 0 aliphatic heterocycles. The first-order valence-electron chi connectivity index (χ1n) is 3.82. The average Bonchev–Trinajstić information content (AvgIpc) is 2.37. The van der Waals surface area contributed by atoms with Crippen LogP contribution in [0.1, 0.15) is 25.8 Å². The van der Waals surface area contributed by atoms with Gasteiger partial charge < -0.3 is 5.32 Å². The van der Waals surface area contributed by atoms with Gasteiger partial charge in [0.2, 0.25) is 0 Å². The molecule has 0 spiro atoms. The number of nitrogens with one attached hydrogen (secondary N) is 1. The van der Waals surface area contributed by atoms with Crippen molar-refractivity contribution >= 4 is 11.3 Å². The van der Waals surface area contributed by atoms with Gasteiger partial charge in [-0.3, -0.25) is 0 Å². The largest absolute Gasteiger partial charge is 0.306 e. The molecule has 0 fully saturated rings. The number of rotatable bonds is 3. The Balaban J connectivity index is 2.73. The lowest BCUT2D eigenvalue weighted by Gasteiger charge is -2.22. The van der Waals surface area contributed by atoms with Gasteiger partial charge >= 0.3 is 0 Å². The average molecular weight is 170 g/mol. The normalized spacial score (nSPS) is 11.9. The predicted molar refractivity (Wildman–Crippen MR) is 48.8 cm³/mol. The van der Waals surface area contributed by atoms with Gasteiger partial charge in [-0.1, -0.05) is 6.92 Å². The maximum absolute atomic E-state index is 4.26. The van der Waals surface area contributed by atoms with E-state index in [2.05, 4.69) is 31.1 Å². The highest BCUT2D eigenvalue weighted by molar-refractivity contribution is 7.09. The Labute approximate surface area is 71.7 Å². The van der Waals surface area contributed by atoms with Crippen molar-refractivity contribution in [2.75, 3.05) is 6.54 Å². The lowest BCUT2D eigenvalue weighted by Crippen LogP contribution is -2.35. The van der Waals surface area contributed by atoms with E-state index in [9.17, 15) is 0 Å². The van der Waals surface area contributed by atoms with E-state index < -0.39 is 0 Å². The Kier molecular flexibility index (Phi) is 2.62. The van der Waals surface area contributed by atoms with Crippen LogP contribution in [0.4, 0.5) is 0 Å². The summed E-state index contributed by atoms with van der Waals surface area (Å²) >= 11 is 1.70. The Bertz CT molecular complexity index is 204. The standard InChI is InChI=1S/C8H14N2S/c1-4-10-8(2,3)7-9-5-6-11-7/h5-6,10H,4H2,1-3H3. The molecule has 0 aliphatic rings. The summed E-state index contributed by atoms with van der Waals surface area (Å²) < 4.78 is 0. The maximum Gasteiger partial charge on any atom is 0.112 e. The topological polar surface area (TPSA) is 24.9 Å². The fraction of sp³-hybridized carbons (Fsp3) is 0.625. The summed E-state index contributed by atoms with van der Waals surface area (Å²) in [7, 11) is 0. The Morgan fingerprint density at radius 1 is 1.64 bits per heavy atom. The van der Waals surface area contributed by atoms with Crippen molar-refractivity contribution in [2.24, 2.45) is 0 Å². The smallest absolute Gasteiger partial charge is 0.112 e. The van der Waals surface area contributed by atoms with Crippen LogP contribution in [0.5, 0.6) is 0 Å². The van der Waals surface area contributed by atoms with E-state index in [1.807, 2.05) is 11.6 Å². The summed E-state index contributed by atoms with van der Waals surface area (Å²) in [6.45, 7) is 7.38. The number of hydrogen-bond acceptors (Lipinski definition) is 3. The minimum absolute atomic E-state index is 0.0307. The zero-order chi connectivity index (χ0) is 8.32. The second kappa shape index (κ2) is 3.32. The Morgan fingerprint density at radius 2 is 2.36 bits per heavy atom. The van der Waals surface area contributed by atoms with Crippen LogP contribution >= 0.6 is 11.3 Å². The van der Waals surface area contributed by atoms with Gasteiger partial charge in [0, 0.05) is 11.6 Å². The van der Waals surface area contributed by atoms with Crippen molar-refractivity contribution in [1.82, 2.24) is 10.3 Å². The zero-order valence-electron chi connectivity index (χ0n) is 7.22. The van der Waals surface area contributed by atoms with Crippen molar-refractivity contribution in [3.8, 4) is 0 Å². The van der Waals surface area contributed by atoms with E-state index >= 15 is 0 Å². The van der Waals surface area contributed by atoms with Gasteiger partial charge in [-0.05, 0) is 20.4 Å². The van der Waals surface area contributed by atoms with E-state index in [0.717, 1.165) is 11.6 Å². The second-order valence-electron chi connectivity index (χ2n) is 2.99. The highest BCUT2D eigenvalue weighted by Crippen LogP contribution is 2.21. The van der Waals surface area contributed by atoms with Crippen molar-refractivity contribution in [3.63, 3.8) is 0 Å². The van der Waals surface area contributed by atoms with Crippen LogP contribution in [0, 0.1) is 0 Å². The van der Waals surface area contributed by atoms with Crippen LogP contribution in [0.25, 0.3) is 0 Å². The monoisotopic (exact) mass is 170 g/mol. The fourth-order valence-corrected chi connectivity index (χ4v) is 1.79. The molecule has 11 heavy (non-hydrogen) atoms. The molecule has 0 saturated carbocycles. The predicted octanol–water partition coefficient (Wildman–Crippen LogP) is 1.99. The maximum atomic E-state index is 4.26. The first-order valence-corrected chi connectivity index (χ1v) is 4.70. The molecular formula is C8H14N2S. The summed E-state index contributed by atoms with van der Waals surface area (Å²) in [5.74, 6) is 0. The molecule has 0 aromatic carbocycles.